The fraction of sp³-hybridized carbons (Fsp3) is 0.364. The quantitative estimate of drug-likeness (QED) is 0.528. The summed E-state index contributed by atoms with van der Waals surface area (Å²) < 4.78 is 7.54. The van der Waals surface area contributed by atoms with E-state index < -0.39 is 6.04 Å². The van der Waals surface area contributed by atoms with Crippen LogP contribution in [0.2, 0.25) is 0 Å². The molecule has 1 aromatic carbocycles. The van der Waals surface area contributed by atoms with Gasteiger partial charge < -0.3 is 10.1 Å². The zero-order valence-corrected chi connectivity index (χ0v) is 19.1. The molecule has 1 unspecified atom stereocenters. The minimum atomic E-state index is -0.449. The molecule has 0 bridgehead atoms. The van der Waals surface area contributed by atoms with Crippen LogP contribution in [0.25, 0.3) is 5.65 Å². The summed E-state index contributed by atoms with van der Waals surface area (Å²) in [5.41, 5.74) is 5.45. The summed E-state index contributed by atoms with van der Waals surface area (Å²) in [6.45, 7) is 5.87. The van der Waals surface area contributed by atoms with Crippen molar-refractivity contribution in [3.8, 4) is 0 Å². The molecule has 0 saturated carbocycles. The van der Waals surface area contributed by atoms with Crippen LogP contribution in [0.1, 0.15) is 47.1 Å². The SMILES string of the molecule is COC(=O)CC(NC(=O)CCc1c(C)nc2cc(C)nn2c1C)c1ccc(Br)cc1. The molecule has 0 fully saturated rings. The van der Waals surface area contributed by atoms with Gasteiger partial charge in [0.15, 0.2) is 5.65 Å². The van der Waals surface area contributed by atoms with E-state index in [0.717, 1.165) is 38.3 Å². The van der Waals surface area contributed by atoms with Gasteiger partial charge >= 0.3 is 5.97 Å². The van der Waals surface area contributed by atoms with E-state index in [1.54, 1.807) is 0 Å². The highest BCUT2D eigenvalue weighted by Crippen LogP contribution is 2.21. The van der Waals surface area contributed by atoms with Crippen LogP contribution in [-0.2, 0) is 20.7 Å². The molecule has 30 heavy (non-hydrogen) atoms. The second kappa shape index (κ2) is 9.38. The highest BCUT2D eigenvalue weighted by molar-refractivity contribution is 9.10. The van der Waals surface area contributed by atoms with Gasteiger partial charge in [0, 0.05) is 28.3 Å². The number of benzene rings is 1. The Morgan fingerprint density at radius 2 is 1.90 bits per heavy atom. The van der Waals surface area contributed by atoms with Crippen LogP contribution in [0.4, 0.5) is 0 Å². The Balaban J connectivity index is 1.73. The molecule has 0 radical (unpaired) electrons. The van der Waals surface area contributed by atoms with Gasteiger partial charge in [0.25, 0.3) is 0 Å². The number of hydrogen-bond acceptors (Lipinski definition) is 5. The van der Waals surface area contributed by atoms with Crippen molar-refractivity contribution in [3.05, 3.63) is 63.0 Å². The predicted octanol–water partition coefficient (Wildman–Crippen LogP) is 3.77. The Kier molecular flexibility index (Phi) is 6.87. The molecule has 2 heterocycles. The highest BCUT2D eigenvalue weighted by Gasteiger charge is 2.20. The lowest BCUT2D eigenvalue weighted by atomic mass is 10.0. The normalized spacial score (nSPS) is 12.0. The van der Waals surface area contributed by atoms with Crippen molar-refractivity contribution in [2.45, 2.75) is 46.1 Å². The van der Waals surface area contributed by atoms with Crippen molar-refractivity contribution >= 4 is 33.5 Å². The maximum atomic E-state index is 12.7. The fourth-order valence-electron chi connectivity index (χ4n) is 3.51. The van der Waals surface area contributed by atoms with Gasteiger partial charge in [-0.1, -0.05) is 28.1 Å². The third-order valence-corrected chi connectivity index (χ3v) is 5.62. The van der Waals surface area contributed by atoms with Gasteiger partial charge in [0.1, 0.15) is 0 Å². The minimum absolute atomic E-state index is 0.0714. The van der Waals surface area contributed by atoms with Crippen LogP contribution in [0.5, 0.6) is 0 Å². The van der Waals surface area contributed by atoms with E-state index in [0.29, 0.717) is 6.42 Å². The summed E-state index contributed by atoms with van der Waals surface area (Å²) in [6, 6.07) is 9.01. The third-order valence-electron chi connectivity index (χ3n) is 5.09. The van der Waals surface area contributed by atoms with Crippen molar-refractivity contribution in [1.29, 1.82) is 0 Å². The number of methoxy groups -OCH3 is 1. The van der Waals surface area contributed by atoms with Crippen molar-refractivity contribution < 1.29 is 14.3 Å². The average Bonchev–Trinajstić information content (AvgIpc) is 3.08. The van der Waals surface area contributed by atoms with Crippen LogP contribution >= 0.6 is 15.9 Å². The van der Waals surface area contributed by atoms with Gasteiger partial charge in [-0.15, -0.1) is 0 Å². The number of aromatic nitrogens is 3. The molecular weight excluding hydrogens is 448 g/mol. The minimum Gasteiger partial charge on any atom is -0.469 e. The predicted molar refractivity (Wildman–Crippen MR) is 117 cm³/mol. The number of amides is 1. The largest absolute Gasteiger partial charge is 0.469 e. The zero-order chi connectivity index (χ0) is 21.8. The summed E-state index contributed by atoms with van der Waals surface area (Å²) in [5.74, 6) is -0.513. The number of carbonyl (C=O) groups excluding carboxylic acids is 2. The van der Waals surface area contributed by atoms with Crippen LogP contribution in [0.3, 0.4) is 0 Å². The van der Waals surface area contributed by atoms with E-state index in [2.05, 4.69) is 31.3 Å². The van der Waals surface area contributed by atoms with Gasteiger partial charge in [0.2, 0.25) is 5.91 Å². The molecule has 1 N–H and O–H groups in total. The molecule has 3 rings (SSSR count). The molecular formula is C22H25BrN4O3. The second-order valence-electron chi connectivity index (χ2n) is 7.27. The summed E-state index contributed by atoms with van der Waals surface area (Å²) in [6.07, 6.45) is 0.891. The molecule has 0 spiro atoms. The maximum Gasteiger partial charge on any atom is 0.307 e. The smallest absolute Gasteiger partial charge is 0.307 e. The Hall–Kier alpha value is -2.74. The van der Waals surface area contributed by atoms with E-state index >= 15 is 0 Å². The van der Waals surface area contributed by atoms with E-state index in [9.17, 15) is 9.59 Å². The maximum absolute atomic E-state index is 12.7. The summed E-state index contributed by atoms with van der Waals surface area (Å²) >= 11 is 3.40. The molecule has 0 aliphatic rings. The molecule has 0 saturated heterocycles. The van der Waals surface area contributed by atoms with Gasteiger partial charge in [-0.2, -0.15) is 5.10 Å². The molecule has 8 heteroatoms. The molecule has 2 aromatic heterocycles. The van der Waals surface area contributed by atoms with Gasteiger partial charge in [-0.05, 0) is 50.5 Å². The van der Waals surface area contributed by atoms with E-state index in [1.807, 2.05) is 55.6 Å². The number of fused-ring (bicyclic) bond motifs is 1. The Bertz CT molecular complexity index is 1080. The van der Waals surface area contributed by atoms with Crippen LogP contribution in [0, 0.1) is 20.8 Å². The molecule has 0 aliphatic heterocycles. The molecule has 158 valence electrons. The number of hydrogen-bond donors (Lipinski definition) is 1. The van der Waals surface area contributed by atoms with Gasteiger partial charge in [-0.25, -0.2) is 9.50 Å². The molecule has 7 nitrogen and oxygen atoms in total. The first-order chi connectivity index (χ1) is 14.3. The number of ether oxygens (including phenoxy) is 1. The molecule has 0 aliphatic carbocycles. The highest BCUT2D eigenvalue weighted by atomic mass is 79.9. The standard InChI is InChI=1S/C22H25BrN4O3/c1-13-11-20-24-14(2)18(15(3)27(20)26-13)9-10-21(28)25-19(12-22(29)30-4)16-5-7-17(23)8-6-16/h5-8,11,19H,9-10,12H2,1-4H3,(H,25,28). The van der Waals surface area contributed by atoms with E-state index in [-0.39, 0.29) is 24.7 Å². The Labute approximate surface area is 184 Å². The lowest BCUT2D eigenvalue weighted by Gasteiger charge is -2.19. The number of rotatable bonds is 7. The summed E-state index contributed by atoms with van der Waals surface area (Å²) in [7, 11) is 1.34. The van der Waals surface area contributed by atoms with Crippen molar-refractivity contribution in [3.63, 3.8) is 0 Å². The van der Waals surface area contributed by atoms with Gasteiger partial charge in [0.05, 0.1) is 25.3 Å². The van der Waals surface area contributed by atoms with Crippen molar-refractivity contribution in [2.24, 2.45) is 0 Å². The third kappa shape index (κ3) is 5.05. The monoisotopic (exact) mass is 472 g/mol. The number of halogens is 1. The van der Waals surface area contributed by atoms with E-state index in [1.165, 1.54) is 7.11 Å². The zero-order valence-electron chi connectivity index (χ0n) is 17.5. The van der Waals surface area contributed by atoms with Crippen LogP contribution < -0.4 is 5.32 Å². The Morgan fingerprint density at radius 1 is 1.20 bits per heavy atom. The number of aryl methyl sites for hydroxylation is 3. The second-order valence-corrected chi connectivity index (χ2v) is 8.18. The number of carbonyl (C=O) groups is 2. The number of nitrogens with zero attached hydrogens (tertiary/aromatic N) is 3. The Morgan fingerprint density at radius 3 is 2.57 bits per heavy atom. The van der Waals surface area contributed by atoms with Crippen LogP contribution in [-0.4, -0.2) is 33.6 Å². The number of nitrogens with one attached hydrogen (secondary N) is 1. The number of esters is 1. The first kappa shape index (κ1) is 22.0. The molecule has 1 amide bonds. The topological polar surface area (TPSA) is 85.6 Å². The molecule has 3 aromatic rings. The van der Waals surface area contributed by atoms with E-state index in [4.69, 9.17) is 4.74 Å². The van der Waals surface area contributed by atoms with Crippen molar-refractivity contribution in [2.75, 3.05) is 7.11 Å². The van der Waals surface area contributed by atoms with Crippen LogP contribution in [0.15, 0.2) is 34.8 Å². The summed E-state index contributed by atoms with van der Waals surface area (Å²) in [5, 5.41) is 7.45. The first-order valence-electron chi connectivity index (χ1n) is 9.72. The fourth-order valence-corrected chi connectivity index (χ4v) is 3.77. The summed E-state index contributed by atoms with van der Waals surface area (Å²) in [4.78, 5) is 29.2. The lowest BCUT2D eigenvalue weighted by molar-refractivity contribution is -0.141. The van der Waals surface area contributed by atoms with Crippen molar-refractivity contribution in [1.82, 2.24) is 19.9 Å². The average molecular weight is 473 g/mol. The first-order valence-corrected chi connectivity index (χ1v) is 10.5. The lowest BCUT2D eigenvalue weighted by Crippen LogP contribution is -2.30. The molecule has 1 atom stereocenters. The van der Waals surface area contributed by atoms with Gasteiger partial charge in [-0.3, -0.25) is 9.59 Å².